The molecule has 4 heteroatoms. The average Bonchev–Trinajstić information content (AvgIpc) is 3.13. The predicted molar refractivity (Wildman–Crippen MR) is 94.9 cm³/mol. The van der Waals surface area contributed by atoms with Gasteiger partial charge in [0.25, 0.3) is 0 Å². The third kappa shape index (κ3) is 2.97. The van der Waals surface area contributed by atoms with Gasteiger partial charge >= 0.3 is 0 Å². The summed E-state index contributed by atoms with van der Waals surface area (Å²) in [6, 6.07) is 2.19. The van der Waals surface area contributed by atoms with Crippen molar-refractivity contribution in [1.82, 2.24) is 10.2 Å². The van der Waals surface area contributed by atoms with Crippen molar-refractivity contribution in [2.24, 2.45) is 0 Å². The average molecular weight is 371 g/mol. The maximum absolute atomic E-state index is 3.94. The second-order valence-corrected chi connectivity index (χ2v) is 8.68. The standard InChI is InChI=1S/C17H27BrN2S/c1-3-16(4-2)13-20(11-15-14(18)7-10-21-15)17(12-19-16)8-5-6-9-17/h7,10,19H,3-6,8-9,11-13H2,1-2H3. The van der Waals surface area contributed by atoms with E-state index in [4.69, 9.17) is 0 Å². The second-order valence-electron chi connectivity index (χ2n) is 6.82. The first-order chi connectivity index (χ1) is 10.1. The lowest BCUT2D eigenvalue weighted by Gasteiger charge is -2.53. The number of nitrogens with one attached hydrogen (secondary N) is 1. The summed E-state index contributed by atoms with van der Waals surface area (Å²) in [4.78, 5) is 4.31. The Morgan fingerprint density at radius 3 is 2.57 bits per heavy atom. The van der Waals surface area contributed by atoms with E-state index in [0.717, 1.165) is 6.54 Å². The number of thiophene rings is 1. The van der Waals surface area contributed by atoms with Crippen molar-refractivity contribution in [1.29, 1.82) is 0 Å². The molecular formula is C17H27BrN2S. The quantitative estimate of drug-likeness (QED) is 0.819. The second kappa shape index (κ2) is 6.31. The summed E-state index contributed by atoms with van der Waals surface area (Å²) in [7, 11) is 0. The smallest absolute Gasteiger partial charge is 0.0346 e. The molecule has 0 unspecified atom stereocenters. The number of hydrogen-bond acceptors (Lipinski definition) is 3. The van der Waals surface area contributed by atoms with Gasteiger partial charge in [-0.15, -0.1) is 11.3 Å². The zero-order valence-corrected chi connectivity index (χ0v) is 15.7. The Kier molecular flexibility index (Phi) is 4.80. The molecule has 1 saturated carbocycles. The Balaban J connectivity index is 1.84. The SMILES string of the molecule is CCC1(CC)CN(Cc2sccc2Br)C2(CCCC2)CN1. The van der Waals surface area contributed by atoms with Crippen LogP contribution in [0.25, 0.3) is 0 Å². The van der Waals surface area contributed by atoms with E-state index >= 15 is 0 Å². The van der Waals surface area contributed by atoms with Gasteiger partial charge in [0.05, 0.1) is 0 Å². The zero-order valence-electron chi connectivity index (χ0n) is 13.3. The first kappa shape index (κ1) is 16.0. The summed E-state index contributed by atoms with van der Waals surface area (Å²) >= 11 is 5.61. The highest BCUT2D eigenvalue weighted by atomic mass is 79.9. The fourth-order valence-electron chi connectivity index (χ4n) is 4.14. The molecule has 1 aliphatic carbocycles. The summed E-state index contributed by atoms with van der Waals surface area (Å²) in [5.41, 5.74) is 0.731. The molecule has 21 heavy (non-hydrogen) atoms. The van der Waals surface area contributed by atoms with Gasteiger partial charge in [0, 0.05) is 40.1 Å². The Morgan fingerprint density at radius 2 is 2.00 bits per heavy atom. The summed E-state index contributed by atoms with van der Waals surface area (Å²) in [6.45, 7) is 8.16. The van der Waals surface area contributed by atoms with E-state index < -0.39 is 0 Å². The van der Waals surface area contributed by atoms with Crippen LogP contribution in [0.3, 0.4) is 0 Å². The maximum atomic E-state index is 3.94. The zero-order chi connectivity index (χ0) is 14.9. The largest absolute Gasteiger partial charge is 0.308 e. The minimum Gasteiger partial charge on any atom is -0.308 e. The van der Waals surface area contributed by atoms with Gasteiger partial charge in [-0.2, -0.15) is 0 Å². The van der Waals surface area contributed by atoms with Crippen LogP contribution in [0.2, 0.25) is 0 Å². The summed E-state index contributed by atoms with van der Waals surface area (Å²) in [6.07, 6.45) is 7.98. The number of rotatable bonds is 4. The highest BCUT2D eigenvalue weighted by Gasteiger charge is 2.47. The van der Waals surface area contributed by atoms with E-state index in [1.165, 1.54) is 61.0 Å². The highest BCUT2D eigenvalue weighted by molar-refractivity contribution is 9.10. The Labute approximate surface area is 141 Å². The highest BCUT2D eigenvalue weighted by Crippen LogP contribution is 2.41. The van der Waals surface area contributed by atoms with Gasteiger partial charge in [0.15, 0.2) is 0 Å². The molecule has 2 fully saturated rings. The van der Waals surface area contributed by atoms with E-state index in [9.17, 15) is 0 Å². The third-order valence-corrected chi connectivity index (χ3v) is 7.78. The van der Waals surface area contributed by atoms with Gasteiger partial charge in [-0.1, -0.05) is 26.7 Å². The number of hydrogen-bond donors (Lipinski definition) is 1. The Bertz CT molecular complexity index is 475. The molecule has 0 amide bonds. The molecule has 1 aromatic rings. The lowest BCUT2D eigenvalue weighted by Crippen LogP contribution is -2.68. The van der Waals surface area contributed by atoms with Gasteiger partial charge in [-0.25, -0.2) is 0 Å². The number of nitrogens with zero attached hydrogens (tertiary/aromatic N) is 1. The molecule has 2 heterocycles. The van der Waals surface area contributed by atoms with Crippen LogP contribution in [-0.2, 0) is 6.54 Å². The lowest BCUT2D eigenvalue weighted by molar-refractivity contribution is -0.00154. The predicted octanol–water partition coefficient (Wildman–Crippen LogP) is 4.79. The molecule has 2 nitrogen and oxygen atoms in total. The van der Waals surface area contributed by atoms with Gasteiger partial charge in [-0.05, 0) is 53.1 Å². The van der Waals surface area contributed by atoms with E-state index in [0.29, 0.717) is 11.1 Å². The molecule has 2 aliphatic rings. The molecule has 1 aliphatic heterocycles. The van der Waals surface area contributed by atoms with Gasteiger partial charge < -0.3 is 5.32 Å². The fraction of sp³-hybridized carbons (Fsp3) is 0.765. The van der Waals surface area contributed by atoms with Gasteiger partial charge in [-0.3, -0.25) is 4.90 Å². The molecule has 1 saturated heterocycles. The van der Waals surface area contributed by atoms with Crippen LogP contribution in [0, 0.1) is 0 Å². The Hall–Kier alpha value is 0.1000. The van der Waals surface area contributed by atoms with Crippen molar-refractivity contribution in [2.75, 3.05) is 13.1 Å². The van der Waals surface area contributed by atoms with Gasteiger partial charge in [0.1, 0.15) is 0 Å². The van der Waals surface area contributed by atoms with E-state index in [1.807, 2.05) is 11.3 Å². The normalized spacial score (nSPS) is 24.7. The van der Waals surface area contributed by atoms with Crippen molar-refractivity contribution in [2.45, 2.75) is 70.0 Å². The molecule has 118 valence electrons. The molecule has 0 aromatic carbocycles. The lowest BCUT2D eigenvalue weighted by atomic mass is 9.82. The molecular weight excluding hydrogens is 344 g/mol. The molecule has 0 bridgehead atoms. The molecule has 1 N–H and O–H groups in total. The fourth-order valence-corrected chi connectivity index (χ4v) is 5.63. The maximum Gasteiger partial charge on any atom is 0.0346 e. The molecule has 3 rings (SSSR count). The topological polar surface area (TPSA) is 15.3 Å². The van der Waals surface area contributed by atoms with Crippen LogP contribution >= 0.6 is 27.3 Å². The van der Waals surface area contributed by atoms with E-state index in [-0.39, 0.29) is 0 Å². The monoisotopic (exact) mass is 370 g/mol. The van der Waals surface area contributed by atoms with Crippen LogP contribution in [0.15, 0.2) is 15.9 Å². The molecule has 0 radical (unpaired) electrons. The minimum absolute atomic E-state index is 0.317. The van der Waals surface area contributed by atoms with Crippen molar-refractivity contribution < 1.29 is 0 Å². The van der Waals surface area contributed by atoms with Crippen LogP contribution in [-0.4, -0.2) is 29.1 Å². The molecule has 1 spiro atoms. The van der Waals surface area contributed by atoms with Crippen LogP contribution in [0.1, 0.15) is 57.2 Å². The summed E-state index contributed by atoms with van der Waals surface area (Å²) in [5.74, 6) is 0. The van der Waals surface area contributed by atoms with Gasteiger partial charge in [0.2, 0.25) is 0 Å². The van der Waals surface area contributed by atoms with Crippen LogP contribution < -0.4 is 5.32 Å². The van der Waals surface area contributed by atoms with Crippen LogP contribution in [0.4, 0.5) is 0 Å². The summed E-state index contributed by atoms with van der Waals surface area (Å²) < 4.78 is 1.29. The van der Waals surface area contributed by atoms with E-state index in [1.54, 1.807) is 0 Å². The summed E-state index contributed by atoms with van der Waals surface area (Å²) in [5, 5.41) is 6.14. The third-order valence-electron chi connectivity index (χ3n) is 5.87. The minimum atomic E-state index is 0.317. The number of piperazine rings is 1. The number of halogens is 1. The molecule has 1 aromatic heterocycles. The van der Waals surface area contributed by atoms with Crippen LogP contribution in [0.5, 0.6) is 0 Å². The first-order valence-corrected chi connectivity index (χ1v) is 10.0. The molecule has 0 atom stereocenters. The Morgan fingerprint density at radius 1 is 1.29 bits per heavy atom. The first-order valence-electron chi connectivity index (χ1n) is 8.35. The van der Waals surface area contributed by atoms with Crippen molar-refractivity contribution in [3.63, 3.8) is 0 Å². The van der Waals surface area contributed by atoms with Crippen molar-refractivity contribution in [3.8, 4) is 0 Å². The van der Waals surface area contributed by atoms with E-state index in [2.05, 4.69) is 51.4 Å². The van der Waals surface area contributed by atoms with Crippen molar-refractivity contribution >= 4 is 27.3 Å². The van der Waals surface area contributed by atoms with Crippen molar-refractivity contribution in [3.05, 3.63) is 20.8 Å².